The maximum Gasteiger partial charge on any atom is 0.0419 e. The van der Waals surface area contributed by atoms with E-state index < -0.39 is 0 Å². The maximum atomic E-state index is 6.01. The van der Waals surface area contributed by atoms with Crippen LogP contribution in [0, 0.1) is 0 Å². The molecule has 1 atom stereocenters. The average molecular weight is 321 g/mol. The van der Waals surface area contributed by atoms with E-state index in [0.717, 1.165) is 29.3 Å². The summed E-state index contributed by atoms with van der Waals surface area (Å²) in [6, 6.07) is 12.7. The third-order valence-electron chi connectivity index (χ3n) is 3.41. The third-order valence-corrected chi connectivity index (χ3v) is 4.80. The van der Waals surface area contributed by atoms with Crippen molar-refractivity contribution in [2.24, 2.45) is 0 Å². The van der Waals surface area contributed by atoms with Crippen LogP contribution in [0.4, 0.5) is 0 Å². The van der Waals surface area contributed by atoms with E-state index in [0.29, 0.717) is 6.04 Å². The predicted octanol–water partition coefficient (Wildman–Crippen LogP) is 4.22. The minimum Gasteiger partial charge on any atom is -0.316 e. The fraction of sp³-hybridized carbons (Fsp3) is 0.353. The molecule has 0 saturated heterocycles. The lowest BCUT2D eigenvalue weighted by molar-refractivity contribution is 0.609. The SMILES string of the molecule is CCc1ccc(CC(CSc2cccc(Cl)c2)NC)nc1. The van der Waals surface area contributed by atoms with Crippen molar-refractivity contribution >= 4 is 23.4 Å². The van der Waals surface area contributed by atoms with Gasteiger partial charge in [-0.05, 0) is 43.3 Å². The van der Waals surface area contributed by atoms with Crippen molar-refractivity contribution < 1.29 is 0 Å². The summed E-state index contributed by atoms with van der Waals surface area (Å²) in [5.41, 5.74) is 2.42. The molecule has 1 N–H and O–H groups in total. The molecule has 2 aromatic rings. The van der Waals surface area contributed by atoms with Gasteiger partial charge in [0, 0.05) is 40.0 Å². The predicted molar refractivity (Wildman–Crippen MR) is 92.3 cm³/mol. The summed E-state index contributed by atoms with van der Waals surface area (Å²) in [6.45, 7) is 2.15. The molecule has 0 radical (unpaired) electrons. The lowest BCUT2D eigenvalue weighted by atomic mass is 10.1. The number of hydrogen-bond donors (Lipinski definition) is 1. The van der Waals surface area contributed by atoms with Crippen LogP contribution in [0.3, 0.4) is 0 Å². The molecule has 0 amide bonds. The van der Waals surface area contributed by atoms with Crippen LogP contribution >= 0.6 is 23.4 Å². The Morgan fingerprint density at radius 1 is 1.29 bits per heavy atom. The Bertz CT molecular complexity index is 557. The van der Waals surface area contributed by atoms with Crippen LogP contribution in [-0.2, 0) is 12.8 Å². The Morgan fingerprint density at radius 3 is 2.76 bits per heavy atom. The molecule has 0 fully saturated rings. The van der Waals surface area contributed by atoms with Gasteiger partial charge in [-0.15, -0.1) is 11.8 Å². The molecule has 21 heavy (non-hydrogen) atoms. The number of hydrogen-bond acceptors (Lipinski definition) is 3. The summed E-state index contributed by atoms with van der Waals surface area (Å²) in [5, 5.41) is 4.16. The van der Waals surface area contributed by atoms with Gasteiger partial charge in [0.15, 0.2) is 0 Å². The van der Waals surface area contributed by atoms with Gasteiger partial charge >= 0.3 is 0 Å². The highest BCUT2D eigenvalue weighted by Gasteiger charge is 2.09. The van der Waals surface area contributed by atoms with Crippen LogP contribution in [0.15, 0.2) is 47.5 Å². The van der Waals surface area contributed by atoms with E-state index >= 15 is 0 Å². The second kappa shape index (κ2) is 8.42. The molecule has 1 aromatic heterocycles. The van der Waals surface area contributed by atoms with Crippen molar-refractivity contribution in [3.63, 3.8) is 0 Å². The topological polar surface area (TPSA) is 24.9 Å². The van der Waals surface area contributed by atoms with Gasteiger partial charge in [-0.3, -0.25) is 4.98 Å². The zero-order chi connectivity index (χ0) is 15.1. The summed E-state index contributed by atoms with van der Waals surface area (Å²) in [6.07, 6.45) is 3.95. The number of aryl methyl sites for hydroxylation is 1. The lowest BCUT2D eigenvalue weighted by Gasteiger charge is -2.15. The smallest absolute Gasteiger partial charge is 0.0419 e. The van der Waals surface area contributed by atoms with Crippen molar-refractivity contribution in [1.82, 2.24) is 10.3 Å². The van der Waals surface area contributed by atoms with Crippen LogP contribution < -0.4 is 5.32 Å². The molecular formula is C17H21ClN2S. The number of nitrogens with zero attached hydrogens (tertiary/aromatic N) is 1. The van der Waals surface area contributed by atoms with Crippen molar-refractivity contribution in [2.75, 3.05) is 12.8 Å². The first-order valence-electron chi connectivity index (χ1n) is 7.20. The van der Waals surface area contributed by atoms with Crippen LogP contribution in [0.5, 0.6) is 0 Å². The minimum atomic E-state index is 0.397. The lowest BCUT2D eigenvalue weighted by Crippen LogP contribution is -2.30. The fourth-order valence-corrected chi connectivity index (χ4v) is 3.35. The van der Waals surface area contributed by atoms with Gasteiger partial charge in [0.2, 0.25) is 0 Å². The molecule has 4 heteroatoms. The van der Waals surface area contributed by atoms with Crippen LogP contribution in [0.1, 0.15) is 18.2 Å². The summed E-state index contributed by atoms with van der Waals surface area (Å²) >= 11 is 7.83. The molecule has 2 nitrogen and oxygen atoms in total. The summed E-state index contributed by atoms with van der Waals surface area (Å²) < 4.78 is 0. The number of rotatable bonds is 7. The molecule has 112 valence electrons. The van der Waals surface area contributed by atoms with Gasteiger partial charge < -0.3 is 5.32 Å². The zero-order valence-corrected chi connectivity index (χ0v) is 14.0. The first kappa shape index (κ1) is 16.3. The Balaban J connectivity index is 1.90. The normalized spacial score (nSPS) is 12.3. The van der Waals surface area contributed by atoms with Gasteiger partial charge in [-0.1, -0.05) is 30.7 Å². The Hall–Kier alpha value is -1.03. The first-order valence-corrected chi connectivity index (χ1v) is 8.57. The van der Waals surface area contributed by atoms with Crippen LogP contribution in [0.25, 0.3) is 0 Å². The molecule has 1 aromatic carbocycles. The summed E-state index contributed by atoms with van der Waals surface area (Å²) in [5.74, 6) is 0.994. The van der Waals surface area contributed by atoms with E-state index in [-0.39, 0.29) is 0 Å². The largest absolute Gasteiger partial charge is 0.316 e. The second-order valence-corrected chi connectivity index (χ2v) is 6.50. The number of aromatic nitrogens is 1. The number of thioether (sulfide) groups is 1. The number of nitrogens with one attached hydrogen (secondary N) is 1. The zero-order valence-electron chi connectivity index (χ0n) is 12.5. The van der Waals surface area contributed by atoms with Crippen molar-refractivity contribution in [3.05, 3.63) is 58.9 Å². The van der Waals surface area contributed by atoms with Gasteiger partial charge in [-0.25, -0.2) is 0 Å². The van der Waals surface area contributed by atoms with Gasteiger partial charge in [0.05, 0.1) is 0 Å². The van der Waals surface area contributed by atoms with Gasteiger partial charge in [0.1, 0.15) is 0 Å². The highest BCUT2D eigenvalue weighted by molar-refractivity contribution is 7.99. The molecule has 0 spiro atoms. The van der Waals surface area contributed by atoms with E-state index in [1.54, 1.807) is 0 Å². The molecule has 2 rings (SSSR count). The maximum absolute atomic E-state index is 6.01. The molecule has 0 aliphatic rings. The molecule has 0 aliphatic heterocycles. The van der Waals surface area contributed by atoms with E-state index in [4.69, 9.17) is 11.6 Å². The standard InChI is InChI=1S/C17H21ClN2S/c1-3-13-7-8-15(20-11-13)10-16(19-2)12-21-17-6-4-5-14(18)9-17/h4-9,11,16,19H,3,10,12H2,1-2H3. The number of benzene rings is 1. The van der Waals surface area contributed by atoms with E-state index in [1.807, 2.05) is 43.2 Å². The van der Waals surface area contributed by atoms with Crippen molar-refractivity contribution in [1.29, 1.82) is 0 Å². The number of halogens is 1. The Labute approximate surface area is 136 Å². The molecule has 0 aliphatic carbocycles. The Kier molecular flexibility index (Phi) is 6.55. The van der Waals surface area contributed by atoms with Gasteiger partial charge in [0.25, 0.3) is 0 Å². The third kappa shape index (κ3) is 5.34. The van der Waals surface area contributed by atoms with Crippen molar-refractivity contribution in [2.45, 2.75) is 30.7 Å². The average Bonchev–Trinajstić information content (AvgIpc) is 2.52. The molecular weight excluding hydrogens is 300 g/mol. The first-order chi connectivity index (χ1) is 10.2. The van der Waals surface area contributed by atoms with Crippen molar-refractivity contribution in [3.8, 4) is 0 Å². The Morgan fingerprint density at radius 2 is 2.14 bits per heavy atom. The molecule has 1 unspecified atom stereocenters. The number of pyridine rings is 1. The molecule has 0 saturated carbocycles. The van der Waals surface area contributed by atoms with Crippen LogP contribution in [-0.4, -0.2) is 23.8 Å². The second-order valence-electron chi connectivity index (χ2n) is 4.97. The van der Waals surface area contributed by atoms with E-state index in [2.05, 4.69) is 35.4 Å². The highest BCUT2D eigenvalue weighted by atomic mass is 35.5. The molecule has 0 bridgehead atoms. The quantitative estimate of drug-likeness (QED) is 0.773. The molecule has 1 heterocycles. The van der Waals surface area contributed by atoms with Crippen LogP contribution in [0.2, 0.25) is 5.02 Å². The fourth-order valence-electron chi connectivity index (χ4n) is 2.04. The highest BCUT2D eigenvalue weighted by Crippen LogP contribution is 2.22. The minimum absolute atomic E-state index is 0.397. The van der Waals surface area contributed by atoms with E-state index in [9.17, 15) is 0 Å². The summed E-state index contributed by atoms with van der Waals surface area (Å²) in [4.78, 5) is 5.74. The van der Waals surface area contributed by atoms with Gasteiger partial charge in [-0.2, -0.15) is 0 Å². The summed E-state index contributed by atoms with van der Waals surface area (Å²) in [7, 11) is 2.00. The monoisotopic (exact) mass is 320 g/mol. The van der Waals surface area contributed by atoms with E-state index in [1.165, 1.54) is 10.5 Å². The number of likely N-dealkylation sites (N-methyl/N-ethyl adjacent to an activating group) is 1.